The maximum atomic E-state index is 5.40. The molecule has 0 spiro atoms. The van der Waals surface area contributed by atoms with Crippen LogP contribution >= 0.6 is 0 Å². The van der Waals surface area contributed by atoms with E-state index in [4.69, 9.17) is 4.74 Å². The summed E-state index contributed by atoms with van der Waals surface area (Å²) >= 11 is 0. The van der Waals surface area contributed by atoms with Gasteiger partial charge in [0, 0.05) is 1.43 Å². The first-order valence-electron chi connectivity index (χ1n) is 6.04. The standard InChI is InChI=1S/C13H25NO.H2/c1-13(2,3)7-9-14-8-6-12-5-4-10-15-11-12;/h5,14H,4,6-11H2,1-3H3;1H. The summed E-state index contributed by atoms with van der Waals surface area (Å²) in [6.45, 7) is 10.8. The Morgan fingerprint density at radius 1 is 1.40 bits per heavy atom. The molecule has 0 aromatic heterocycles. The highest BCUT2D eigenvalue weighted by molar-refractivity contribution is 5.04. The second kappa shape index (κ2) is 6.29. The topological polar surface area (TPSA) is 21.3 Å². The molecule has 1 heterocycles. The van der Waals surface area contributed by atoms with Gasteiger partial charge >= 0.3 is 0 Å². The van der Waals surface area contributed by atoms with E-state index in [-0.39, 0.29) is 1.43 Å². The van der Waals surface area contributed by atoms with Crippen LogP contribution in [0.15, 0.2) is 11.6 Å². The van der Waals surface area contributed by atoms with Crippen molar-refractivity contribution in [1.82, 2.24) is 5.32 Å². The zero-order valence-electron chi connectivity index (χ0n) is 10.4. The van der Waals surface area contributed by atoms with Crippen molar-refractivity contribution < 1.29 is 6.16 Å². The van der Waals surface area contributed by atoms with Gasteiger partial charge in [-0.1, -0.05) is 26.8 Å². The summed E-state index contributed by atoms with van der Waals surface area (Å²) in [7, 11) is 0. The van der Waals surface area contributed by atoms with Gasteiger partial charge in [0.25, 0.3) is 0 Å². The number of rotatable bonds is 5. The predicted octanol–water partition coefficient (Wildman–Crippen LogP) is 3.00. The number of hydrogen-bond acceptors (Lipinski definition) is 2. The summed E-state index contributed by atoms with van der Waals surface area (Å²) in [6.07, 6.45) is 5.80. The molecule has 1 aliphatic rings. The highest BCUT2D eigenvalue weighted by Gasteiger charge is 2.08. The molecule has 2 nitrogen and oxygen atoms in total. The molecule has 0 fully saturated rings. The lowest BCUT2D eigenvalue weighted by atomic mass is 9.92. The van der Waals surface area contributed by atoms with Crippen molar-refractivity contribution in [2.24, 2.45) is 5.41 Å². The van der Waals surface area contributed by atoms with Crippen LogP contribution in [-0.2, 0) is 4.74 Å². The Balaban J connectivity index is 0.00000225. The van der Waals surface area contributed by atoms with Crippen LogP contribution in [0.4, 0.5) is 0 Å². The zero-order chi connectivity index (χ0) is 11.1. The molecular formula is C13H27NO. The van der Waals surface area contributed by atoms with Gasteiger partial charge in [-0.25, -0.2) is 0 Å². The maximum Gasteiger partial charge on any atom is 0.0677 e. The van der Waals surface area contributed by atoms with Gasteiger partial charge in [-0.3, -0.25) is 0 Å². The van der Waals surface area contributed by atoms with E-state index >= 15 is 0 Å². The average molecular weight is 213 g/mol. The van der Waals surface area contributed by atoms with Gasteiger partial charge in [-0.05, 0) is 43.3 Å². The predicted molar refractivity (Wildman–Crippen MR) is 67.2 cm³/mol. The minimum Gasteiger partial charge on any atom is -0.377 e. The molecule has 0 saturated heterocycles. The van der Waals surface area contributed by atoms with Crippen molar-refractivity contribution in [3.63, 3.8) is 0 Å². The lowest BCUT2D eigenvalue weighted by Crippen LogP contribution is -2.22. The maximum absolute atomic E-state index is 5.40. The van der Waals surface area contributed by atoms with Crippen LogP contribution in [-0.4, -0.2) is 26.3 Å². The largest absolute Gasteiger partial charge is 0.377 e. The van der Waals surface area contributed by atoms with Gasteiger partial charge in [0.15, 0.2) is 0 Å². The molecule has 1 aliphatic heterocycles. The Kier molecular flexibility index (Phi) is 5.34. The average Bonchev–Trinajstić information content (AvgIpc) is 2.17. The van der Waals surface area contributed by atoms with Gasteiger partial charge in [0.1, 0.15) is 0 Å². The summed E-state index contributed by atoms with van der Waals surface area (Å²) in [6, 6.07) is 0. The first-order valence-corrected chi connectivity index (χ1v) is 6.04. The molecule has 0 atom stereocenters. The minimum absolute atomic E-state index is 0. The molecule has 0 radical (unpaired) electrons. The van der Waals surface area contributed by atoms with Crippen LogP contribution in [0.2, 0.25) is 0 Å². The van der Waals surface area contributed by atoms with Crippen LogP contribution in [0.5, 0.6) is 0 Å². The molecule has 1 rings (SSSR count). The Hall–Kier alpha value is -0.340. The normalized spacial score (nSPS) is 17.7. The van der Waals surface area contributed by atoms with Gasteiger partial charge < -0.3 is 10.1 Å². The molecule has 2 heteroatoms. The van der Waals surface area contributed by atoms with Crippen LogP contribution < -0.4 is 5.32 Å². The Labute approximate surface area is 95.6 Å². The van der Waals surface area contributed by atoms with Crippen molar-refractivity contribution in [3.05, 3.63) is 11.6 Å². The molecule has 90 valence electrons. The Bertz CT molecular complexity index is 208. The summed E-state index contributed by atoms with van der Waals surface area (Å²) in [5, 5.41) is 3.49. The van der Waals surface area contributed by atoms with Gasteiger partial charge in [0.05, 0.1) is 13.2 Å². The monoisotopic (exact) mass is 213 g/mol. The molecule has 0 saturated carbocycles. The Morgan fingerprint density at radius 2 is 2.20 bits per heavy atom. The van der Waals surface area contributed by atoms with E-state index in [1.54, 1.807) is 0 Å². The second-order valence-corrected chi connectivity index (χ2v) is 5.51. The van der Waals surface area contributed by atoms with E-state index < -0.39 is 0 Å². The highest BCUT2D eigenvalue weighted by Crippen LogP contribution is 2.17. The van der Waals surface area contributed by atoms with Gasteiger partial charge in [-0.15, -0.1) is 0 Å². The lowest BCUT2D eigenvalue weighted by molar-refractivity contribution is 0.148. The van der Waals surface area contributed by atoms with E-state index in [2.05, 4.69) is 32.2 Å². The van der Waals surface area contributed by atoms with E-state index in [9.17, 15) is 0 Å². The SMILES string of the molecule is CC(C)(C)CCNCCC1=CCCOC1.[HH]. The van der Waals surface area contributed by atoms with Gasteiger partial charge in [0.2, 0.25) is 0 Å². The number of nitrogens with one attached hydrogen (secondary N) is 1. The second-order valence-electron chi connectivity index (χ2n) is 5.51. The van der Waals surface area contributed by atoms with Crippen LogP contribution in [0.25, 0.3) is 0 Å². The zero-order valence-corrected chi connectivity index (χ0v) is 10.4. The quantitative estimate of drug-likeness (QED) is 0.560. The lowest BCUT2D eigenvalue weighted by Gasteiger charge is -2.18. The van der Waals surface area contributed by atoms with Gasteiger partial charge in [-0.2, -0.15) is 0 Å². The highest BCUT2D eigenvalue weighted by atomic mass is 16.5. The molecule has 0 aromatic carbocycles. The molecular weight excluding hydrogens is 186 g/mol. The van der Waals surface area contributed by atoms with E-state index in [0.29, 0.717) is 5.41 Å². The fourth-order valence-electron chi connectivity index (χ4n) is 1.62. The first kappa shape index (κ1) is 12.7. The van der Waals surface area contributed by atoms with Crippen LogP contribution in [0.1, 0.15) is 41.5 Å². The molecule has 0 unspecified atom stereocenters. The molecule has 0 aromatic rings. The number of hydrogen-bond donors (Lipinski definition) is 1. The van der Waals surface area contributed by atoms with E-state index in [1.807, 2.05) is 0 Å². The molecule has 0 bridgehead atoms. The van der Waals surface area contributed by atoms with Crippen molar-refractivity contribution in [3.8, 4) is 0 Å². The van der Waals surface area contributed by atoms with Crippen molar-refractivity contribution in [1.29, 1.82) is 0 Å². The fraction of sp³-hybridized carbons (Fsp3) is 0.846. The molecule has 0 aliphatic carbocycles. The Morgan fingerprint density at radius 3 is 2.80 bits per heavy atom. The molecule has 1 N–H and O–H groups in total. The van der Waals surface area contributed by atoms with Crippen LogP contribution in [0, 0.1) is 5.41 Å². The summed E-state index contributed by atoms with van der Waals surface area (Å²) in [4.78, 5) is 0. The fourth-order valence-corrected chi connectivity index (χ4v) is 1.62. The minimum atomic E-state index is 0. The summed E-state index contributed by atoms with van der Waals surface area (Å²) in [5.74, 6) is 0. The third-order valence-electron chi connectivity index (χ3n) is 2.66. The summed E-state index contributed by atoms with van der Waals surface area (Å²) in [5.41, 5.74) is 1.91. The smallest absolute Gasteiger partial charge is 0.0677 e. The van der Waals surface area contributed by atoms with E-state index in [1.165, 1.54) is 12.0 Å². The van der Waals surface area contributed by atoms with Crippen molar-refractivity contribution in [2.75, 3.05) is 26.3 Å². The van der Waals surface area contributed by atoms with Crippen molar-refractivity contribution >= 4 is 0 Å². The third kappa shape index (κ3) is 6.69. The third-order valence-corrected chi connectivity index (χ3v) is 2.66. The number of ether oxygens (including phenoxy) is 1. The molecule has 0 amide bonds. The molecule has 15 heavy (non-hydrogen) atoms. The first-order chi connectivity index (χ1) is 7.08. The van der Waals surface area contributed by atoms with E-state index in [0.717, 1.165) is 39.1 Å². The summed E-state index contributed by atoms with van der Waals surface area (Å²) < 4.78 is 5.40. The van der Waals surface area contributed by atoms with Crippen molar-refractivity contribution in [2.45, 2.75) is 40.0 Å². The van der Waals surface area contributed by atoms with Crippen LogP contribution in [0.3, 0.4) is 0 Å².